The van der Waals surface area contributed by atoms with Gasteiger partial charge < -0.3 is 10.6 Å². The number of nitrogens with zero attached hydrogens (tertiary/aromatic N) is 2. The smallest absolute Gasteiger partial charge is 0.315 e. The van der Waals surface area contributed by atoms with Crippen molar-refractivity contribution in [1.82, 2.24) is 20.4 Å². The average molecular weight is 252 g/mol. The summed E-state index contributed by atoms with van der Waals surface area (Å²) in [5.74, 6) is 0. The number of aromatic nitrogens is 2. The van der Waals surface area contributed by atoms with Crippen molar-refractivity contribution in [2.45, 2.75) is 60.2 Å². The van der Waals surface area contributed by atoms with E-state index < -0.39 is 0 Å². The zero-order chi connectivity index (χ0) is 13.7. The lowest BCUT2D eigenvalue weighted by atomic mass is 10.2. The summed E-state index contributed by atoms with van der Waals surface area (Å²) in [6, 6.07) is 0.0814. The lowest BCUT2D eigenvalue weighted by Gasteiger charge is -2.12. The fourth-order valence-electron chi connectivity index (χ4n) is 1.84. The van der Waals surface area contributed by atoms with Gasteiger partial charge in [0.2, 0.25) is 0 Å². The van der Waals surface area contributed by atoms with E-state index in [0.717, 1.165) is 29.9 Å². The summed E-state index contributed by atoms with van der Waals surface area (Å²) in [5.41, 5.74) is 3.22. The highest BCUT2D eigenvalue weighted by Crippen LogP contribution is 2.12. The molecule has 0 fully saturated rings. The first kappa shape index (κ1) is 14.5. The number of carbonyl (C=O) groups is 1. The first-order chi connectivity index (χ1) is 8.49. The van der Waals surface area contributed by atoms with Crippen LogP contribution in [0.25, 0.3) is 0 Å². The van der Waals surface area contributed by atoms with Crippen LogP contribution < -0.4 is 10.6 Å². The molecule has 5 heteroatoms. The molecule has 1 heterocycles. The third-order valence-electron chi connectivity index (χ3n) is 3.25. The SMILES string of the molecule is CCC(C)NC(=O)NCc1c(C)nn(CC)c1C. The predicted molar refractivity (Wildman–Crippen MR) is 72.5 cm³/mol. The fraction of sp³-hybridized carbons (Fsp3) is 0.692. The number of amides is 2. The number of rotatable bonds is 5. The van der Waals surface area contributed by atoms with E-state index in [0.29, 0.717) is 6.54 Å². The van der Waals surface area contributed by atoms with E-state index in [4.69, 9.17) is 0 Å². The van der Waals surface area contributed by atoms with Gasteiger partial charge >= 0.3 is 6.03 Å². The standard InChI is InChI=1S/C13H24N4O/c1-6-9(3)15-13(18)14-8-12-10(4)16-17(7-2)11(12)5/h9H,6-8H2,1-5H3,(H2,14,15,18). The van der Waals surface area contributed by atoms with Gasteiger partial charge in [0, 0.05) is 30.4 Å². The van der Waals surface area contributed by atoms with E-state index >= 15 is 0 Å². The van der Waals surface area contributed by atoms with Crippen molar-refractivity contribution in [3.63, 3.8) is 0 Å². The second kappa shape index (κ2) is 6.42. The Morgan fingerprint density at radius 3 is 2.56 bits per heavy atom. The van der Waals surface area contributed by atoms with Crippen LogP contribution in [0.4, 0.5) is 4.79 Å². The Hall–Kier alpha value is -1.52. The molecule has 18 heavy (non-hydrogen) atoms. The third-order valence-corrected chi connectivity index (χ3v) is 3.25. The van der Waals surface area contributed by atoms with Crippen molar-refractivity contribution in [2.24, 2.45) is 0 Å². The second-order valence-corrected chi connectivity index (χ2v) is 4.60. The van der Waals surface area contributed by atoms with Gasteiger partial charge in [0.15, 0.2) is 0 Å². The summed E-state index contributed by atoms with van der Waals surface area (Å²) in [6.07, 6.45) is 0.930. The summed E-state index contributed by atoms with van der Waals surface area (Å²) >= 11 is 0. The normalized spacial score (nSPS) is 12.3. The number of hydrogen-bond acceptors (Lipinski definition) is 2. The molecule has 1 rings (SSSR count). The summed E-state index contributed by atoms with van der Waals surface area (Å²) in [5, 5.41) is 10.2. The zero-order valence-electron chi connectivity index (χ0n) is 12.0. The molecule has 0 bridgehead atoms. The van der Waals surface area contributed by atoms with Crippen LogP contribution in [0.5, 0.6) is 0 Å². The van der Waals surface area contributed by atoms with E-state index in [1.54, 1.807) is 0 Å². The maximum Gasteiger partial charge on any atom is 0.315 e. The Morgan fingerprint density at radius 1 is 1.39 bits per heavy atom. The van der Waals surface area contributed by atoms with Crippen LogP contribution in [0.3, 0.4) is 0 Å². The number of aryl methyl sites for hydroxylation is 2. The molecule has 5 nitrogen and oxygen atoms in total. The van der Waals surface area contributed by atoms with Gasteiger partial charge in [0.25, 0.3) is 0 Å². The quantitative estimate of drug-likeness (QED) is 0.843. The third kappa shape index (κ3) is 3.48. The molecule has 0 saturated heterocycles. The molecule has 102 valence electrons. The van der Waals surface area contributed by atoms with Gasteiger partial charge in [-0.15, -0.1) is 0 Å². The van der Waals surface area contributed by atoms with Crippen LogP contribution in [0, 0.1) is 13.8 Å². The van der Waals surface area contributed by atoms with Gasteiger partial charge in [-0.05, 0) is 34.1 Å². The Kier molecular flexibility index (Phi) is 5.19. The molecule has 0 radical (unpaired) electrons. The number of nitrogens with one attached hydrogen (secondary N) is 2. The van der Waals surface area contributed by atoms with E-state index in [1.165, 1.54) is 0 Å². The lowest BCUT2D eigenvalue weighted by Crippen LogP contribution is -2.40. The first-order valence-electron chi connectivity index (χ1n) is 6.56. The minimum atomic E-state index is -0.118. The fourth-order valence-corrected chi connectivity index (χ4v) is 1.84. The lowest BCUT2D eigenvalue weighted by molar-refractivity contribution is 0.237. The summed E-state index contributed by atoms with van der Waals surface area (Å²) < 4.78 is 1.96. The van der Waals surface area contributed by atoms with Crippen LogP contribution in [-0.2, 0) is 13.1 Å². The van der Waals surface area contributed by atoms with E-state index in [-0.39, 0.29) is 12.1 Å². The number of hydrogen-bond donors (Lipinski definition) is 2. The first-order valence-corrected chi connectivity index (χ1v) is 6.56. The van der Waals surface area contributed by atoms with Crippen molar-refractivity contribution in [2.75, 3.05) is 0 Å². The van der Waals surface area contributed by atoms with Crippen LogP contribution in [-0.4, -0.2) is 21.9 Å². The molecule has 1 aromatic rings. The monoisotopic (exact) mass is 252 g/mol. The molecule has 1 unspecified atom stereocenters. The summed E-state index contributed by atoms with van der Waals surface area (Å²) in [4.78, 5) is 11.6. The molecular weight excluding hydrogens is 228 g/mol. The molecule has 2 amide bonds. The number of urea groups is 1. The topological polar surface area (TPSA) is 59.0 Å². The van der Waals surface area contributed by atoms with Crippen molar-refractivity contribution in [3.8, 4) is 0 Å². The molecule has 0 aliphatic rings. The highest BCUT2D eigenvalue weighted by molar-refractivity contribution is 5.74. The van der Waals surface area contributed by atoms with Gasteiger partial charge in [-0.3, -0.25) is 4.68 Å². The second-order valence-electron chi connectivity index (χ2n) is 4.60. The van der Waals surface area contributed by atoms with E-state index in [2.05, 4.69) is 22.7 Å². The molecule has 2 N–H and O–H groups in total. The minimum Gasteiger partial charge on any atom is -0.336 e. The van der Waals surface area contributed by atoms with Crippen molar-refractivity contribution < 1.29 is 4.79 Å². The van der Waals surface area contributed by atoms with Gasteiger partial charge in [0.05, 0.1) is 5.69 Å². The van der Waals surface area contributed by atoms with Crippen molar-refractivity contribution in [1.29, 1.82) is 0 Å². The van der Waals surface area contributed by atoms with Crippen LogP contribution in [0.2, 0.25) is 0 Å². The molecule has 0 spiro atoms. The molecule has 1 atom stereocenters. The highest BCUT2D eigenvalue weighted by atomic mass is 16.2. The average Bonchev–Trinajstić information content (AvgIpc) is 2.61. The maximum atomic E-state index is 11.6. The Balaban J connectivity index is 2.58. The van der Waals surface area contributed by atoms with Gasteiger partial charge in [0.1, 0.15) is 0 Å². The van der Waals surface area contributed by atoms with E-state index in [9.17, 15) is 4.79 Å². The Bertz CT molecular complexity index is 411. The molecule has 0 aliphatic carbocycles. The van der Waals surface area contributed by atoms with Crippen LogP contribution >= 0.6 is 0 Å². The minimum absolute atomic E-state index is 0.118. The Morgan fingerprint density at radius 2 is 2.06 bits per heavy atom. The zero-order valence-corrected chi connectivity index (χ0v) is 12.0. The molecule has 1 aromatic heterocycles. The van der Waals surface area contributed by atoms with Gasteiger partial charge in [-0.1, -0.05) is 6.92 Å². The summed E-state index contributed by atoms with van der Waals surface area (Å²) in [7, 11) is 0. The van der Waals surface area contributed by atoms with Crippen molar-refractivity contribution >= 4 is 6.03 Å². The highest BCUT2D eigenvalue weighted by Gasteiger charge is 2.12. The van der Waals surface area contributed by atoms with Gasteiger partial charge in [-0.25, -0.2) is 4.79 Å². The van der Waals surface area contributed by atoms with Crippen LogP contribution in [0.1, 0.15) is 44.1 Å². The molecule has 0 aliphatic heterocycles. The molecular formula is C13H24N4O. The Labute approximate surface area is 109 Å². The summed E-state index contributed by atoms with van der Waals surface area (Å²) in [6.45, 7) is 11.5. The molecule has 0 saturated carbocycles. The maximum absolute atomic E-state index is 11.6. The van der Waals surface area contributed by atoms with Gasteiger partial charge in [-0.2, -0.15) is 5.10 Å². The predicted octanol–water partition coefficient (Wildman–Crippen LogP) is 2.12. The van der Waals surface area contributed by atoms with E-state index in [1.807, 2.05) is 32.4 Å². The molecule has 0 aromatic carbocycles. The van der Waals surface area contributed by atoms with Crippen LogP contribution in [0.15, 0.2) is 0 Å². The van der Waals surface area contributed by atoms with Crippen molar-refractivity contribution in [3.05, 3.63) is 17.0 Å². The largest absolute Gasteiger partial charge is 0.336 e. The number of carbonyl (C=O) groups excluding carboxylic acids is 1.